The largest absolute Gasteiger partial charge is 0.489 e. The van der Waals surface area contributed by atoms with Gasteiger partial charge in [-0.1, -0.05) is 182 Å². The maximum Gasteiger partial charge on any atom is 0.150 e. The third kappa shape index (κ3) is 7.42. The Morgan fingerprint density at radius 1 is 0.321 bits per heavy atom. The summed E-state index contributed by atoms with van der Waals surface area (Å²) in [6, 6.07) is 71.2. The van der Waals surface area contributed by atoms with Crippen LogP contribution in [0.5, 0.6) is 23.0 Å². The summed E-state index contributed by atoms with van der Waals surface area (Å²) < 4.78 is 28.4. The van der Waals surface area contributed by atoms with E-state index in [1.54, 1.807) is 0 Å². The third-order valence-corrected chi connectivity index (χ3v) is 13.4. The van der Waals surface area contributed by atoms with E-state index in [-0.39, 0.29) is 0 Å². The van der Waals surface area contributed by atoms with E-state index in [9.17, 15) is 0 Å². The zero-order chi connectivity index (χ0) is 37.5. The second-order valence-electron chi connectivity index (χ2n) is 13.2. The maximum atomic E-state index is 7.58. The van der Waals surface area contributed by atoms with Gasteiger partial charge in [0.2, 0.25) is 0 Å². The molecular weight excluding hydrogens is 726 g/mol. The summed E-state index contributed by atoms with van der Waals surface area (Å²) in [6.07, 6.45) is 0. The molecule has 1 aliphatic heterocycles. The minimum atomic E-state index is -1.34. The van der Waals surface area contributed by atoms with Gasteiger partial charge in [0.15, 0.2) is 16.3 Å². The first-order valence-corrected chi connectivity index (χ1v) is 21.2. The normalized spacial score (nSPS) is 12.0. The van der Waals surface area contributed by atoms with Crippen LogP contribution in [0.4, 0.5) is 0 Å². The molecule has 8 aromatic carbocycles. The summed E-state index contributed by atoms with van der Waals surface area (Å²) in [4.78, 5) is 0. The number of ether oxygens (including phenoxy) is 2. The highest BCUT2D eigenvalue weighted by atomic mass is 31.1. The molecule has 6 heteroatoms. The lowest BCUT2D eigenvalue weighted by Crippen LogP contribution is -2.18. The van der Waals surface area contributed by atoms with Crippen molar-refractivity contribution in [3.8, 4) is 56.4 Å². The highest BCUT2D eigenvalue weighted by Gasteiger charge is 2.32. The van der Waals surface area contributed by atoms with Crippen molar-refractivity contribution in [2.75, 3.05) is 13.2 Å². The minimum Gasteiger partial charge on any atom is -0.489 e. The molecule has 0 aromatic heterocycles. The number of rotatable bonds is 10. The lowest BCUT2D eigenvalue weighted by molar-refractivity contribution is 0.214. The molecule has 0 atom stereocenters. The van der Waals surface area contributed by atoms with Crippen LogP contribution in [0.2, 0.25) is 0 Å². The van der Waals surface area contributed by atoms with Crippen LogP contribution in [-0.2, 0) is 0 Å². The van der Waals surface area contributed by atoms with Crippen molar-refractivity contribution in [2.45, 2.75) is 0 Å². The van der Waals surface area contributed by atoms with Gasteiger partial charge in [-0.3, -0.25) is 0 Å². The summed E-state index contributed by atoms with van der Waals surface area (Å²) in [5.41, 5.74) is 5.55. The number of hydrogen-bond donors (Lipinski definition) is 0. The Balaban J connectivity index is 1.35. The molecule has 56 heavy (non-hydrogen) atoms. The zero-order valence-corrected chi connectivity index (χ0v) is 32.4. The van der Waals surface area contributed by atoms with Gasteiger partial charge in [0.25, 0.3) is 0 Å². The average Bonchev–Trinajstić information content (AvgIpc) is 3.27. The molecule has 0 aliphatic carbocycles. The second-order valence-corrected chi connectivity index (χ2v) is 16.8. The molecule has 0 spiro atoms. The van der Waals surface area contributed by atoms with Crippen LogP contribution in [0.1, 0.15) is 0 Å². The van der Waals surface area contributed by atoms with E-state index in [4.69, 9.17) is 18.5 Å². The quantitative estimate of drug-likeness (QED) is 0.130. The van der Waals surface area contributed by atoms with Crippen molar-refractivity contribution < 1.29 is 18.5 Å². The monoisotopic (exact) mass is 764 g/mol. The van der Waals surface area contributed by atoms with Gasteiger partial charge in [-0.15, -0.1) is 0 Å². The molecule has 0 fully saturated rings. The zero-order valence-electron chi connectivity index (χ0n) is 30.6. The van der Waals surface area contributed by atoms with Gasteiger partial charge in [-0.05, 0) is 35.4 Å². The van der Waals surface area contributed by atoms with E-state index in [0.717, 1.165) is 54.6 Å². The van der Waals surface area contributed by atoms with Crippen LogP contribution in [0.3, 0.4) is 0 Å². The lowest BCUT2D eigenvalue weighted by atomic mass is 9.92. The fourth-order valence-electron chi connectivity index (χ4n) is 6.97. The van der Waals surface area contributed by atoms with Crippen LogP contribution < -0.4 is 39.7 Å². The molecule has 0 amide bonds. The van der Waals surface area contributed by atoms with Gasteiger partial charge >= 0.3 is 0 Å². The summed E-state index contributed by atoms with van der Waals surface area (Å²) in [5, 5.41) is 4.39. The van der Waals surface area contributed by atoms with Crippen molar-refractivity contribution in [1.82, 2.24) is 0 Å². The van der Waals surface area contributed by atoms with Crippen molar-refractivity contribution in [3.05, 3.63) is 206 Å². The van der Waals surface area contributed by atoms with Crippen LogP contribution in [0.15, 0.2) is 206 Å². The van der Waals surface area contributed by atoms with Gasteiger partial charge in [-0.25, -0.2) is 0 Å². The van der Waals surface area contributed by atoms with E-state index >= 15 is 0 Å². The Labute approximate surface area is 330 Å². The summed E-state index contributed by atoms with van der Waals surface area (Å²) in [6.45, 7) is 0.750. The van der Waals surface area contributed by atoms with Gasteiger partial charge in [0.05, 0.1) is 11.1 Å². The Bertz CT molecular complexity index is 2260. The van der Waals surface area contributed by atoms with Gasteiger partial charge < -0.3 is 18.5 Å². The Morgan fingerprint density at radius 2 is 0.607 bits per heavy atom. The first-order valence-electron chi connectivity index (χ1n) is 18.7. The smallest absolute Gasteiger partial charge is 0.150 e. The molecule has 272 valence electrons. The van der Waals surface area contributed by atoms with Crippen LogP contribution >= 0.6 is 16.3 Å². The molecule has 0 saturated carbocycles. The van der Waals surface area contributed by atoms with E-state index in [1.165, 1.54) is 0 Å². The highest BCUT2D eigenvalue weighted by molar-refractivity contribution is 7.69. The molecule has 0 saturated heterocycles. The summed E-state index contributed by atoms with van der Waals surface area (Å²) in [7, 11) is -2.67. The van der Waals surface area contributed by atoms with Crippen molar-refractivity contribution in [2.24, 2.45) is 0 Å². The molecule has 1 aliphatic rings. The van der Waals surface area contributed by atoms with Crippen LogP contribution in [0.25, 0.3) is 33.4 Å². The van der Waals surface area contributed by atoms with Crippen molar-refractivity contribution >= 4 is 37.5 Å². The molecule has 1 heterocycles. The predicted octanol–water partition coefficient (Wildman–Crippen LogP) is 11.3. The predicted molar refractivity (Wildman–Crippen MR) is 233 cm³/mol. The number of hydrogen-bond acceptors (Lipinski definition) is 4. The highest BCUT2D eigenvalue weighted by Crippen LogP contribution is 2.58. The Morgan fingerprint density at radius 3 is 0.911 bits per heavy atom. The van der Waals surface area contributed by atoms with Gasteiger partial charge in [0.1, 0.15) is 36.2 Å². The van der Waals surface area contributed by atoms with Crippen LogP contribution in [0, 0.1) is 0 Å². The molecule has 0 radical (unpaired) electrons. The van der Waals surface area contributed by atoms with E-state index in [0.29, 0.717) is 36.2 Å². The number of fused-ring (bicyclic) bond motifs is 3. The Hall–Kier alpha value is -6.18. The third-order valence-electron chi connectivity index (χ3n) is 9.58. The fraction of sp³-hybridized carbons (Fsp3) is 0.0400. The van der Waals surface area contributed by atoms with Gasteiger partial charge in [-0.2, -0.15) is 0 Å². The SMILES string of the molecule is c1ccc(-c2ccc3c(c2OP(c2ccccc2)c2ccccc2)-c2c(ccc(-c4ccccc4)c2OP(c2ccccc2)c2ccccc2)OCCO3)cc1. The number of benzene rings is 8. The van der Waals surface area contributed by atoms with Crippen LogP contribution in [-0.4, -0.2) is 13.2 Å². The first kappa shape index (κ1) is 35.5. The lowest BCUT2D eigenvalue weighted by Gasteiger charge is -2.30. The Kier molecular flexibility index (Phi) is 10.6. The molecule has 0 unspecified atom stereocenters. The average molecular weight is 765 g/mol. The molecule has 0 N–H and O–H groups in total. The molecule has 0 bridgehead atoms. The summed E-state index contributed by atoms with van der Waals surface area (Å²) in [5.74, 6) is 2.83. The topological polar surface area (TPSA) is 36.9 Å². The van der Waals surface area contributed by atoms with E-state index in [1.807, 2.05) is 36.4 Å². The second kappa shape index (κ2) is 16.7. The molecular formula is C50H38O4P2. The summed E-state index contributed by atoms with van der Waals surface area (Å²) >= 11 is 0. The molecule has 8 aromatic rings. The maximum absolute atomic E-state index is 7.58. The fourth-order valence-corrected chi connectivity index (χ4v) is 10.5. The van der Waals surface area contributed by atoms with E-state index < -0.39 is 16.3 Å². The van der Waals surface area contributed by atoms with Crippen molar-refractivity contribution in [1.29, 1.82) is 0 Å². The minimum absolute atomic E-state index is 0.375. The first-order chi connectivity index (χ1) is 27.8. The van der Waals surface area contributed by atoms with Crippen molar-refractivity contribution in [3.63, 3.8) is 0 Å². The van der Waals surface area contributed by atoms with Gasteiger partial charge in [0, 0.05) is 32.3 Å². The van der Waals surface area contributed by atoms with E-state index in [2.05, 4.69) is 170 Å². The standard InChI is InChI=1S/C50H38O4P2/c1-7-19-37(20-8-1)43-31-33-45-47(49(43)53-55(39-23-11-3-12-24-39)40-25-13-4-14-26-40)48-46(52-36-35-51-45)34-32-44(38-21-9-2-10-22-38)50(48)54-56(41-27-15-5-16-28-41)42-29-17-6-18-30-42/h1-34H,35-36H2. The molecule has 9 rings (SSSR count). The molecule has 4 nitrogen and oxygen atoms in total.